The van der Waals surface area contributed by atoms with Crippen LogP contribution in [0, 0.1) is 0 Å². The van der Waals surface area contributed by atoms with Gasteiger partial charge in [0.05, 0.1) is 37.5 Å². The minimum absolute atomic E-state index is 0.0796. The van der Waals surface area contributed by atoms with Gasteiger partial charge in [-0.05, 0) is 43.3 Å². The number of rotatable bonds is 7. The summed E-state index contributed by atoms with van der Waals surface area (Å²) >= 11 is 1.52. The van der Waals surface area contributed by atoms with Crippen LogP contribution in [0.15, 0.2) is 53.9 Å². The maximum atomic E-state index is 12.5. The minimum Gasteiger partial charge on any atom is -0.493 e. The van der Waals surface area contributed by atoms with Gasteiger partial charge in [-0.3, -0.25) is 4.79 Å². The van der Waals surface area contributed by atoms with Gasteiger partial charge in [-0.15, -0.1) is 11.3 Å². The van der Waals surface area contributed by atoms with E-state index in [-0.39, 0.29) is 12.3 Å². The van der Waals surface area contributed by atoms with Gasteiger partial charge < -0.3 is 19.7 Å². The quantitative estimate of drug-likeness (QED) is 0.616. The number of morpholine rings is 1. The minimum atomic E-state index is -0.0796. The first-order valence-electron chi connectivity index (χ1n) is 10.1. The van der Waals surface area contributed by atoms with Gasteiger partial charge in [0.2, 0.25) is 5.91 Å². The number of carbonyl (C=O) groups is 1. The highest BCUT2D eigenvalue weighted by Crippen LogP contribution is 2.32. The van der Waals surface area contributed by atoms with Crippen molar-refractivity contribution in [3.63, 3.8) is 0 Å². The SMILES string of the molecule is CCOc1ccccc1-c1nc(CC(=O)Nc2ccc(N3CCOCC3)cc2)cs1. The van der Waals surface area contributed by atoms with E-state index in [1.165, 1.54) is 11.3 Å². The highest BCUT2D eigenvalue weighted by Gasteiger charge is 2.14. The molecule has 3 aromatic rings. The van der Waals surface area contributed by atoms with E-state index in [2.05, 4.69) is 15.2 Å². The lowest BCUT2D eigenvalue weighted by atomic mass is 10.2. The molecular weight excluding hydrogens is 398 g/mol. The molecule has 7 heteroatoms. The van der Waals surface area contributed by atoms with Gasteiger partial charge in [-0.1, -0.05) is 12.1 Å². The number of hydrogen-bond acceptors (Lipinski definition) is 6. The van der Waals surface area contributed by atoms with Crippen LogP contribution in [0.1, 0.15) is 12.6 Å². The summed E-state index contributed by atoms with van der Waals surface area (Å²) in [5.74, 6) is 0.731. The van der Waals surface area contributed by atoms with Gasteiger partial charge in [0, 0.05) is 29.8 Å². The zero-order valence-corrected chi connectivity index (χ0v) is 17.8. The lowest BCUT2D eigenvalue weighted by Crippen LogP contribution is -2.36. The first-order valence-corrected chi connectivity index (χ1v) is 11.0. The van der Waals surface area contributed by atoms with Crippen molar-refractivity contribution in [2.24, 2.45) is 0 Å². The molecule has 0 spiro atoms. The van der Waals surface area contributed by atoms with Gasteiger partial charge in [0.25, 0.3) is 0 Å². The smallest absolute Gasteiger partial charge is 0.230 e. The third-order valence-electron chi connectivity index (χ3n) is 4.84. The number of thiazole rings is 1. The van der Waals surface area contributed by atoms with Crippen molar-refractivity contribution in [1.82, 2.24) is 4.98 Å². The fourth-order valence-corrected chi connectivity index (χ4v) is 4.23. The fourth-order valence-electron chi connectivity index (χ4n) is 3.38. The zero-order valence-electron chi connectivity index (χ0n) is 17.0. The number of para-hydroxylation sites is 1. The van der Waals surface area contributed by atoms with E-state index in [1.54, 1.807) is 0 Å². The third-order valence-corrected chi connectivity index (χ3v) is 5.76. The van der Waals surface area contributed by atoms with E-state index in [0.717, 1.165) is 59.7 Å². The summed E-state index contributed by atoms with van der Waals surface area (Å²) < 4.78 is 11.1. The van der Waals surface area contributed by atoms with E-state index in [9.17, 15) is 4.79 Å². The zero-order chi connectivity index (χ0) is 20.8. The standard InChI is InChI=1S/C23H25N3O3S/c1-2-29-21-6-4-3-5-20(21)23-25-18(16-30-23)15-22(27)24-17-7-9-19(10-8-17)26-11-13-28-14-12-26/h3-10,16H,2,11-15H2,1H3,(H,24,27). The van der Waals surface area contributed by atoms with Crippen LogP contribution < -0.4 is 15.0 Å². The van der Waals surface area contributed by atoms with Crippen molar-refractivity contribution in [3.8, 4) is 16.3 Å². The molecule has 0 saturated carbocycles. The van der Waals surface area contributed by atoms with Crippen molar-refractivity contribution < 1.29 is 14.3 Å². The molecule has 4 rings (SSSR count). The average molecular weight is 424 g/mol. The molecule has 1 amide bonds. The predicted octanol–water partition coefficient (Wildman–Crippen LogP) is 4.23. The van der Waals surface area contributed by atoms with Crippen molar-refractivity contribution in [2.45, 2.75) is 13.3 Å². The van der Waals surface area contributed by atoms with Gasteiger partial charge in [-0.2, -0.15) is 0 Å². The summed E-state index contributed by atoms with van der Waals surface area (Å²) in [4.78, 5) is 19.4. The Morgan fingerprint density at radius 2 is 1.93 bits per heavy atom. The molecule has 0 radical (unpaired) electrons. The van der Waals surface area contributed by atoms with Gasteiger partial charge in [0.1, 0.15) is 10.8 Å². The van der Waals surface area contributed by atoms with E-state index < -0.39 is 0 Å². The highest BCUT2D eigenvalue weighted by molar-refractivity contribution is 7.13. The molecular formula is C23H25N3O3S. The van der Waals surface area contributed by atoms with Crippen LogP contribution in [0.4, 0.5) is 11.4 Å². The summed E-state index contributed by atoms with van der Waals surface area (Å²) in [5.41, 5.74) is 3.64. The number of ether oxygens (including phenoxy) is 2. The molecule has 2 aromatic carbocycles. The molecule has 1 aromatic heterocycles. The van der Waals surface area contributed by atoms with Crippen LogP contribution in [0.3, 0.4) is 0 Å². The van der Waals surface area contributed by atoms with Crippen molar-refractivity contribution >= 4 is 28.6 Å². The molecule has 156 valence electrons. The van der Waals surface area contributed by atoms with Gasteiger partial charge in [0.15, 0.2) is 0 Å². The van der Waals surface area contributed by atoms with Crippen LogP contribution in [-0.4, -0.2) is 43.8 Å². The molecule has 2 heterocycles. The maximum Gasteiger partial charge on any atom is 0.230 e. The molecule has 1 N–H and O–H groups in total. The van der Waals surface area contributed by atoms with E-state index >= 15 is 0 Å². The lowest BCUT2D eigenvalue weighted by Gasteiger charge is -2.28. The van der Waals surface area contributed by atoms with Crippen LogP contribution >= 0.6 is 11.3 Å². The van der Waals surface area contributed by atoms with Crippen molar-refractivity contribution in [1.29, 1.82) is 0 Å². The Bertz CT molecular complexity index is 981. The highest BCUT2D eigenvalue weighted by atomic mass is 32.1. The average Bonchev–Trinajstić information content (AvgIpc) is 3.23. The van der Waals surface area contributed by atoms with Crippen molar-refractivity contribution in [3.05, 3.63) is 59.6 Å². The Kier molecular flexibility index (Phi) is 6.61. The summed E-state index contributed by atoms with van der Waals surface area (Å²) in [6.45, 7) is 5.85. The molecule has 0 bridgehead atoms. The molecule has 30 heavy (non-hydrogen) atoms. The molecule has 1 aliphatic heterocycles. The monoisotopic (exact) mass is 423 g/mol. The number of nitrogens with zero attached hydrogens (tertiary/aromatic N) is 2. The normalized spacial score (nSPS) is 13.8. The van der Waals surface area contributed by atoms with E-state index in [4.69, 9.17) is 9.47 Å². The summed E-state index contributed by atoms with van der Waals surface area (Å²) in [5, 5.41) is 5.75. The van der Waals surface area contributed by atoms with Crippen LogP contribution in [0.25, 0.3) is 10.6 Å². The second-order valence-electron chi connectivity index (χ2n) is 6.94. The summed E-state index contributed by atoms with van der Waals surface area (Å²) in [7, 11) is 0. The molecule has 0 atom stereocenters. The largest absolute Gasteiger partial charge is 0.493 e. The second-order valence-corrected chi connectivity index (χ2v) is 7.80. The van der Waals surface area contributed by atoms with E-state index in [1.807, 2.05) is 60.8 Å². The first-order chi connectivity index (χ1) is 14.7. The predicted molar refractivity (Wildman–Crippen MR) is 121 cm³/mol. The number of aromatic nitrogens is 1. The summed E-state index contributed by atoms with van der Waals surface area (Å²) in [6.07, 6.45) is 0.235. The third kappa shape index (κ3) is 4.98. The van der Waals surface area contributed by atoms with E-state index in [0.29, 0.717) is 6.61 Å². The topological polar surface area (TPSA) is 63.7 Å². The molecule has 1 aliphatic rings. The van der Waals surface area contributed by atoms with Crippen molar-refractivity contribution in [2.75, 3.05) is 43.1 Å². The first kappa shape index (κ1) is 20.4. The fraction of sp³-hybridized carbons (Fsp3) is 0.304. The molecule has 6 nitrogen and oxygen atoms in total. The lowest BCUT2D eigenvalue weighted by molar-refractivity contribution is -0.115. The Morgan fingerprint density at radius 1 is 1.17 bits per heavy atom. The Morgan fingerprint density at radius 3 is 2.70 bits per heavy atom. The Labute approximate surface area is 180 Å². The van der Waals surface area contributed by atoms with Crippen LogP contribution in [0.5, 0.6) is 5.75 Å². The molecule has 0 aliphatic carbocycles. The number of hydrogen-bond donors (Lipinski definition) is 1. The number of carbonyl (C=O) groups excluding carboxylic acids is 1. The number of benzene rings is 2. The molecule has 1 saturated heterocycles. The summed E-state index contributed by atoms with van der Waals surface area (Å²) in [6, 6.07) is 15.8. The molecule has 1 fully saturated rings. The Hall–Kier alpha value is -2.90. The molecule has 0 unspecified atom stereocenters. The number of nitrogens with one attached hydrogen (secondary N) is 1. The number of anilines is 2. The second kappa shape index (κ2) is 9.73. The maximum absolute atomic E-state index is 12.5. The Balaban J connectivity index is 1.37. The van der Waals surface area contributed by atoms with Crippen LogP contribution in [-0.2, 0) is 16.0 Å². The van der Waals surface area contributed by atoms with Gasteiger partial charge in [-0.25, -0.2) is 4.98 Å². The van der Waals surface area contributed by atoms with Gasteiger partial charge >= 0.3 is 0 Å². The van der Waals surface area contributed by atoms with Crippen LogP contribution in [0.2, 0.25) is 0 Å². The number of amides is 1.